The summed E-state index contributed by atoms with van der Waals surface area (Å²) >= 11 is 0. The Balaban J connectivity index is 1.68. The maximum Gasteiger partial charge on any atom is 0.338 e. The molecule has 0 unspecified atom stereocenters. The van der Waals surface area contributed by atoms with Crippen LogP contribution in [-0.4, -0.2) is 14.0 Å². The Kier molecular flexibility index (Phi) is 4.15. The maximum atomic E-state index is 14.4. The number of ether oxygens (including phenoxy) is 1. The topological polar surface area (TPSA) is 48.5 Å². The van der Waals surface area contributed by atoms with Gasteiger partial charge in [-0.25, -0.2) is 27.4 Å². The molecule has 0 aliphatic rings. The third-order valence-corrected chi connectivity index (χ3v) is 3.93. The van der Waals surface area contributed by atoms with Crippen LogP contribution in [0.2, 0.25) is 0 Å². The van der Waals surface area contributed by atoms with Crippen LogP contribution in [0.3, 0.4) is 0 Å². The molecule has 0 N–H and O–H groups in total. The third-order valence-electron chi connectivity index (χ3n) is 3.93. The van der Waals surface area contributed by atoms with Gasteiger partial charge in [-0.2, -0.15) is 0 Å². The van der Waals surface area contributed by atoms with Crippen molar-refractivity contribution >= 4 is 5.65 Å². The normalized spacial score (nSPS) is 11.1. The lowest BCUT2D eigenvalue weighted by Gasteiger charge is -2.06. The van der Waals surface area contributed by atoms with Crippen molar-refractivity contribution in [2.24, 2.45) is 0 Å². The number of aromatic nitrogens is 3. The molecule has 4 rings (SSSR count). The molecule has 8 heteroatoms. The van der Waals surface area contributed by atoms with Crippen molar-refractivity contribution in [2.75, 3.05) is 0 Å². The molecule has 0 atom stereocenters. The van der Waals surface area contributed by atoms with Crippen molar-refractivity contribution < 1.29 is 17.9 Å². The molecular formula is C19H12F3N3O2. The highest BCUT2D eigenvalue weighted by Crippen LogP contribution is 2.15. The van der Waals surface area contributed by atoms with Crippen LogP contribution >= 0.6 is 0 Å². The van der Waals surface area contributed by atoms with E-state index in [0.29, 0.717) is 17.1 Å². The number of rotatable bonds is 4. The maximum absolute atomic E-state index is 14.4. The van der Waals surface area contributed by atoms with Crippen molar-refractivity contribution in [3.63, 3.8) is 0 Å². The summed E-state index contributed by atoms with van der Waals surface area (Å²) in [5.74, 6) is -1.15. The Morgan fingerprint density at radius 1 is 0.889 bits per heavy atom. The molecule has 5 nitrogen and oxygen atoms in total. The Morgan fingerprint density at radius 2 is 1.52 bits per heavy atom. The Bertz CT molecular complexity index is 1170. The first-order chi connectivity index (χ1) is 13.0. The molecule has 27 heavy (non-hydrogen) atoms. The van der Waals surface area contributed by atoms with Gasteiger partial charge in [0.15, 0.2) is 11.5 Å². The fourth-order valence-corrected chi connectivity index (χ4v) is 2.63. The first kappa shape index (κ1) is 16.9. The second-order valence-electron chi connectivity index (χ2n) is 5.77. The fourth-order valence-electron chi connectivity index (χ4n) is 2.63. The van der Waals surface area contributed by atoms with E-state index in [2.05, 4.69) is 4.98 Å². The summed E-state index contributed by atoms with van der Waals surface area (Å²) in [7, 11) is 0. The van der Waals surface area contributed by atoms with Gasteiger partial charge >= 0.3 is 5.69 Å². The molecular weight excluding hydrogens is 359 g/mol. The average molecular weight is 371 g/mol. The van der Waals surface area contributed by atoms with Gasteiger partial charge in [0.05, 0.1) is 17.6 Å². The number of nitrogens with zero attached hydrogens (tertiary/aromatic N) is 3. The molecule has 136 valence electrons. The van der Waals surface area contributed by atoms with Crippen molar-refractivity contribution in [2.45, 2.75) is 6.61 Å². The molecule has 0 amide bonds. The summed E-state index contributed by atoms with van der Waals surface area (Å²) in [5, 5.41) is 0. The Morgan fingerprint density at radius 3 is 2.19 bits per heavy atom. The average Bonchev–Trinajstić information content (AvgIpc) is 3.10. The smallest absolute Gasteiger partial charge is 0.338 e. The summed E-state index contributed by atoms with van der Waals surface area (Å²) in [5.41, 5.74) is -0.0539. The minimum atomic E-state index is -0.716. The van der Waals surface area contributed by atoms with Gasteiger partial charge in [0.2, 0.25) is 0 Å². The van der Waals surface area contributed by atoms with E-state index in [-0.39, 0.29) is 12.3 Å². The van der Waals surface area contributed by atoms with Crippen LogP contribution in [0.1, 0.15) is 5.69 Å². The SMILES string of the molecule is O=c1n(-c2ccc(F)cc2)cc(F)c2nc(COc3ccc(F)cc3)cn12. The number of halogens is 3. The Labute approximate surface area is 150 Å². The van der Waals surface area contributed by atoms with Crippen LogP contribution in [-0.2, 0) is 6.61 Å². The number of hydrogen-bond donors (Lipinski definition) is 0. The van der Waals surface area contributed by atoms with Crippen LogP contribution < -0.4 is 10.4 Å². The molecule has 0 aliphatic heterocycles. The molecule has 2 aromatic carbocycles. The van der Waals surface area contributed by atoms with Crippen molar-refractivity contribution in [1.29, 1.82) is 0 Å². The van der Waals surface area contributed by atoms with Gasteiger partial charge in [-0.3, -0.25) is 4.57 Å². The van der Waals surface area contributed by atoms with Crippen LogP contribution in [0.15, 0.2) is 65.7 Å². The molecule has 2 aromatic heterocycles. The summed E-state index contributed by atoms with van der Waals surface area (Å²) in [6, 6.07) is 10.5. The van der Waals surface area contributed by atoms with Gasteiger partial charge in [0, 0.05) is 6.20 Å². The fraction of sp³-hybridized carbons (Fsp3) is 0.0526. The van der Waals surface area contributed by atoms with E-state index in [4.69, 9.17) is 4.74 Å². The highest BCUT2D eigenvalue weighted by molar-refractivity contribution is 5.42. The molecule has 2 heterocycles. The molecule has 0 saturated carbocycles. The third kappa shape index (κ3) is 3.29. The molecule has 0 saturated heterocycles. The monoisotopic (exact) mass is 371 g/mol. The summed E-state index contributed by atoms with van der Waals surface area (Å²) in [4.78, 5) is 16.7. The number of benzene rings is 2. The van der Waals surface area contributed by atoms with E-state index < -0.39 is 23.1 Å². The highest BCUT2D eigenvalue weighted by Gasteiger charge is 2.14. The highest BCUT2D eigenvalue weighted by atomic mass is 19.1. The van der Waals surface area contributed by atoms with Gasteiger partial charge in [-0.05, 0) is 48.5 Å². The molecule has 0 bridgehead atoms. The van der Waals surface area contributed by atoms with E-state index in [1.54, 1.807) is 0 Å². The zero-order valence-electron chi connectivity index (χ0n) is 13.8. The first-order valence-electron chi connectivity index (χ1n) is 7.95. The van der Waals surface area contributed by atoms with E-state index >= 15 is 0 Å². The van der Waals surface area contributed by atoms with Crippen molar-refractivity contribution in [3.05, 3.63) is 94.6 Å². The zero-order chi connectivity index (χ0) is 19.0. The second-order valence-corrected chi connectivity index (χ2v) is 5.77. The van der Waals surface area contributed by atoms with E-state index in [1.165, 1.54) is 54.7 Å². The van der Waals surface area contributed by atoms with Gasteiger partial charge < -0.3 is 4.74 Å². The largest absolute Gasteiger partial charge is 0.487 e. The number of fused-ring (bicyclic) bond motifs is 1. The summed E-state index contributed by atoms with van der Waals surface area (Å²) < 4.78 is 48.0. The predicted molar refractivity (Wildman–Crippen MR) is 91.4 cm³/mol. The van der Waals surface area contributed by atoms with Crippen LogP contribution in [0.25, 0.3) is 11.3 Å². The van der Waals surface area contributed by atoms with E-state index in [9.17, 15) is 18.0 Å². The van der Waals surface area contributed by atoms with Crippen molar-refractivity contribution in [3.8, 4) is 11.4 Å². The lowest BCUT2D eigenvalue weighted by molar-refractivity contribution is 0.301. The quantitative estimate of drug-likeness (QED) is 0.552. The van der Waals surface area contributed by atoms with Gasteiger partial charge in [0.25, 0.3) is 0 Å². The summed E-state index contributed by atoms with van der Waals surface area (Å²) in [6.07, 6.45) is 2.37. The van der Waals surface area contributed by atoms with Crippen molar-refractivity contribution in [1.82, 2.24) is 14.0 Å². The molecule has 0 spiro atoms. The minimum absolute atomic E-state index is 0.0251. The summed E-state index contributed by atoms with van der Waals surface area (Å²) in [6.45, 7) is -0.0251. The molecule has 0 aliphatic carbocycles. The lowest BCUT2D eigenvalue weighted by atomic mass is 10.3. The second kappa shape index (κ2) is 6.64. The number of hydrogen-bond acceptors (Lipinski definition) is 3. The van der Waals surface area contributed by atoms with E-state index in [0.717, 1.165) is 15.2 Å². The molecule has 0 fully saturated rings. The standard InChI is InChI=1S/C19H12F3N3O2/c20-12-1-5-15(6-2-12)24-10-17(22)18-23-14(9-25(18)19(24)26)11-27-16-7-3-13(21)4-8-16/h1-10H,11H2. The van der Waals surface area contributed by atoms with Gasteiger partial charge in [0.1, 0.15) is 24.0 Å². The molecule has 4 aromatic rings. The van der Waals surface area contributed by atoms with Gasteiger partial charge in [-0.1, -0.05) is 0 Å². The zero-order valence-corrected chi connectivity index (χ0v) is 13.8. The first-order valence-corrected chi connectivity index (χ1v) is 7.95. The predicted octanol–water partition coefficient (Wildman–Crippen LogP) is 3.48. The molecule has 0 radical (unpaired) electrons. The van der Waals surface area contributed by atoms with Crippen LogP contribution in [0, 0.1) is 17.5 Å². The Hall–Kier alpha value is -3.55. The number of imidazole rings is 1. The minimum Gasteiger partial charge on any atom is -0.487 e. The van der Waals surface area contributed by atoms with E-state index in [1.807, 2.05) is 0 Å². The lowest BCUT2D eigenvalue weighted by Crippen LogP contribution is -2.25. The van der Waals surface area contributed by atoms with Gasteiger partial charge in [-0.15, -0.1) is 0 Å². The van der Waals surface area contributed by atoms with Crippen LogP contribution in [0.4, 0.5) is 13.2 Å². The van der Waals surface area contributed by atoms with Crippen LogP contribution in [0.5, 0.6) is 5.75 Å².